The molecule has 0 saturated carbocycles. The lowest BCUT2D eigenvalue weighted by molar-refractivity contribution is -0.149. The first-order valence-corrected chi connectivity index (χ1v) is 19.9. The van der Waals surface area contributed by atoms with E-state index in [0.717, 1.165) is 31.4 Å². The van der Waals surface area contributed by atoms with E-state index >= 15 is 0 Å². The summed E-state index contributed by atoms with van der Waals surface area (Å²) < 4.78 is 11.0. The van der Waals surface area contributed by atoms with Gasteiger partial charge in [0.1, 0.15) is 16.7 Å². The minimum absolute atomic E-state index is 0.0349. The third-order valence-corrected chi connectivity index (χ3v) is 10.8. The molecule has 3 amide bonds. The summed E-state index contributed by atoms with van der Waals surface area (Å²) in [5.74, 6) is -1.68. The van der Waals surface area contributed by atoms with Crippen molar-refractivity contribution in [3.63, 3.8) is 0 Å². The van der Waals surface area contributed by atoms with Crippen molar-refractivity contribution in [2.75, 3.05) is 27.2 Å². The number of rotatable bonds is 20. The van der Waals surface area contributed by atoms with Gasteiger partial charge in [-0.15, -0.1) is 11.3 Å². The average molecular weight is 756 g/mol. The Hall–Kier alpha value is -3.84. The molecule has 1 saturated heterocycles. The number of hydrogen-bond acceptors (Lipinski definition) is 10. The predicted octanol–water partition coefficient (Wildman–Crippen LogP) is 5.57. The number of carbonyl (C=O) groups excluding carboxylic acids is 5. The van der Waals surface area contributed by atoms with Gasteiger partial charge in [-0.05, 0) is 76.4 Å². The van der Waals surface area contributed by atoms with E-state index in [9.17, 15) is 24.0 Å². The van der Waals surface area contributed by atoms with Crippen LogP contribution in [-0.2, 0) is 35.1 Å². The van der Waals surface area contributed by atoms with Gasteiger partial charge in [-0.3, -0.25) is 28.9 Å². The first kappa shape index (κ1) is 43.6. The Balaban J connectivity index is 1.81. The lowest BCUT2D eigenvalue weighted by atomic mass is 9.94. The van der Waals surface area contributed by atoms with E-state index in [-0.39, 0.29) is 60.5 Å². The van der Waals surface area contributed by atoms with Crippen LogP contribution in [0.3, 0.4) is 0 Å². The number of nitrogens with zero attached hydrogens (tertiary/aromatic N) is 3. The minimum atomic E-state index is -0.818. The van der Waals surface area contributed by atoms with E-state index in [2.05, 4.69) is 29.5 Å². The number of amides is 3. The molecule has 1 fully saturated rings. The number of likely N-dealkylation sites (N-methyl/N-ethyl adjacent to an activating group) is 2. The number of thiazole rings is 1. The normalized spacial score (nSPS) is 17.5. The predicted molar refractivity (Wildman–Crippen MR) is 206 cm³/mol. The lowest BCUT2D eigenvalue weighted by Crippen LogP contribution is -2.54. The van der Waals surface area contributed by atoms with E-state index in [1.807, 2.05) is 56.1 Å². The number of nitrogens with one attached hydrogen (secondary N) is 2. The zero-order valence-electron chi connectivity index (χ0n) is 33.1. The summed E-state index contributed by atoms with van der Waals surface area (Å²) in [6, 6.07) is 8.03. The third kappa shape index (κ3) is 13.5. The van der Waals surface area contributed by atoms with Crippen LogP contribution >= 0.6 is 11.3 Å². The second-order valence-corrected chi connectivity index (χ2v) is 16.0. The van der Waals surface area contributed by atoms with Crippen molar-refractivity contribution in [3.05, 3.63) is 52.0 Å². The molecule has 0 bridgehead atoms. The maximum absolute atomic E-state index is 14.2. The quantitative estimate of drug-likeness (QED) is 0.166. The summed E-state index contributed by atoms with van der Waals surface area (Å²) >= 11 is 1.21. The molecule has 12 nitrogen and oxygen atoms in total. The van der Waals surface area contributed by atoms with E-state index in [1.165, 1.54) is 18.3 Å². The number of esters is 2. The van der Waals surface area contributed by atoms with Crippen molar-refractivity contribution in [1.29, 1.82) is 0 Å². The first-order valence-electron chi connectivity index (χ1n) is 19.0. The molecule has 294 valence electrons. The van der Waals surface area contributed by atoms with Gasteiger partial charge in [0.15, 0.2) is 6.10 Å². The SMILES string of the molecule is CCOC(=O)[C@@H](C)C[C@H](Cc1ccccc1)NC(=O)c1csc([C@@H](CC(C(C)C)N(C)C(=O)[C@H](CCC(C)C)NC(=O)[C@H]2CCCN2C)OC(C)=O)n1. The molecule has 2 heterocycles. The second kappa shape index (κ2) is 21.2. The minimum Gasteiger partial charge on any atom is -0.466 e. The largest absolute Gasteiger partial charge is 0.466 e. The molecule has 0 spiro atoms. The highest BCUT2D eigenvalue weighted by molar-refractivity contribution is 7.09. The highest BCUT2D eigenvalue weighted by atomic mass is 32.1. The second-order valence-electron chi connectivity index (χ2n) is 15.1. The summed E-state index contributed by atoms with van der Waals surface area (Å²) in [5, 5.41) is 8.20. The Kier molecular flexibility index (Phi) is 17.4. The molecule has 53 heavy (non-hydrogen) atoms. The van der Waals surface area contributed by atoms with E-state index in [4.69, 9.17) is 9.47 Å². The van der Waals surface area contributed by atoms with Crippen LogP contribution in [0.4, 0.5) is 0 Å². The molecule has 1 aromatic carbocycles. The van der Waals surface area contributed by atoms with Crippen LogP contribution in [0.1, 0.15) is 114 Å². The lowest BCUT2D eigenvalue weighted by Gasteiger charge is -2.36. The Morgan fingerprint density at radius 3 is 2.30 bits per heavy atom. The molecule has 13 heteroatoms. The monoisotopic (exact) mass is 755 g/mol. The summed E-state index contributed by atoms with van der Waals surface area (Å²) in [5.41, 5.74) is 1.18. The standard InChI is InChI=1S/C40H61N5O7S/c1-10-51-40(50)27(6)21-30(22-29-15-12-11-13-16-29)41-36(47)32-24-53-38(43-32)35(52-28(7)46)23-34(26(4)5)45(9)39(49)31(19-18-25(2)3)42-37(48)33-17-14-20-44(33)8/h11-13,15-16,24-27,30-31,33-35H,10,14,17-23H2,1-9H3,(H,41,47)(H,42,48)/t27-,30+,31-,33+,34?,35+/m0/s1. The smallest absolute Gasteiger partial charge is 0.308 e. The first-order chi connectivity index (χ1) is 25.1. The average Bonchev–Trinajstić information content (AvgIpc) is 3.77. The van der Waals surface area contributed by atoms with E-state index in [1.54, 1.807) is 31.2 Å². The Morgan fingerprint density at radius 2 is 1.72 bits per heavy atom. The molecule has 6 atom stereocenters. The van der Waals surface area contributed by atoms with E-state index < -0.39 is 29.9 Å². The number of aromatic nitrogens is 1. The molecule has 1 unspecified atom stereocenters. The number of carbonyl (C=O) groups is 5. The van der Waals surface area contributed by atoms with Gasteiger partial charge in [0.25, 0.3) is 5.91 Å². The van der Waals surface area contributed by atoms with Crippen LogP contribution in [0.2, 0.25) is 0 Å². The number of likely N-dealkylation sites (tertiary alicyclic amines) is 1. The van der Waals surface area contributed by atoms with Crippen molar-refractivity contribution in [2.24, 2.45) is 17.8 Å². The van der Waals surface area contributed by atoms with Crippen LogP contribution in [0.15, 0.2) is 35.7 Å². The Bertz CT molecular complexity index is 1500. The van der Waals surface area contributed by atoms with E-state index in [0.29, 0.717) is 30.2 Å². The molecular formula is C40H61N5O7S. The maximum Gasteiger partial charge on any atom is 0.308 e. The zero-order valence-corrected chi connectivity index (χ0v) is 33.9. The van der Waals surface area contributed by atoms with Crippen molar-refractivity contribution >= 4 is 41.0 Å². The van der Waals surface area contributed by atoms with Gasteiger partial charge in [0.2, 0.25) is 11.8 Å². The van der Waals surface area contributed by atoms with Crippen molar-refractivity contribution in [3.8, 4) is 0 Å². The van der Waals surface area contributed by atoms with Crippen LogP contribution in [0.25, 0.3) is 0 Å². The van der Waals surface area contributed by atoms with Crippen LogP contribution in [0.5, 0.6) is 0 Å². The zero-order chi connectivity index (χ0) is 39.2. The van der Waals surface area contributed by atoms with Crippen molar-refractivity contribution < 1.29 is 33.4 Å². The molecule has 1 aliphatic heterocycles. The third-order valence-electron chi connectivity index (χ3n) is 9.87. The molecule has 2 N–H and O–H groups in total. The molecule has 3 rings (SSSR count). The number of hydrogen-bond donors (Lipinski definition) is 2. The summed E-state index contributed by atoms with van der Waals surface area (Å²) in [4.78, 5) is 74.2. The topological polar surface area (TPSA) is 147 Å². The molecule has 2 aromatic rings. The highest BCUT2D eigenvalue weighted by Crippen LogP contribution is 2.31. The summed E-state index contributed by atoms with van der Waals surface area (Å²) in [6.07, 6.45) is 3.29. The number of benzene rings is 1. The highest BCUT2D eigenvalue weighted by Gasteiger charge is 2.36. The van der Waals surface area contributed by atoms with Crippen LogP contribution < -0.4 is 10.6 Å². The van der Waals surface area contributed by atoms with Crippen molar-refractivity contribution in [2.45, 2.75) is 124 Å². The van der Waals surface area contributed by atoms with Gasteiger partial charge < -0.3 is 25.0 Å². The maximum atomic E-state index is 14.2. The van der Waals surface area contributed by atoms with Crippen molar-refractivity contribution in [1.82, 2.24) is 25.4 Å². The fourth-order valence-corrected chi connectivity index (χ4v) is 7.71. The molecule has 1 aromatic heterocycles. The van der Waals surface area contributed by atoms with Gasteiger partial charge in [0.05, 0.1) is 18.6 Å². The number of ether oxygens (including phenoxy) is 2. The van der Waals surface area contributed by atoms with Crippen LogP contribution in [-0.4, -0.2) is 95.9 Å². The molecule has 1 aliphatic rings. The van der Waals surface area contributed by atoms with Gasteiger partial charge >= 0.3 is 11.9 Å². The Morgan fingerprint density at radius 1 is 1.02 bits per heavy atom. The van der Waals surface area contributed by atoms with Gasteiger partial charge in [0, 0.05) is 37.9 Å². The molecular weight excluding hydrogens is 695 g/mol. The Labute approximate surface area is 319 Å². The summed E-state index contributed by atoms with van der Waals surface area (Å²) in [6.45, 7) is 14.2. The van der Waals surface area contributed by atoms with Gasteiger partial charge in [-0.25, -0.2) is 4.98 Å². The molecule has 0 aliphatic carbocycles. The van der Waals surface area contributed by atoms with Crippen LogP contribution in [0, 0.1) is 17.8 Å². The fourth-order valence-electron chi connectivity index (χ4n) is 6.87. The fraction of sp³-hybridized carbons (Fsp3) is 0.650. The summed E-state index contributed by atoms with van der Waals surface area (Å²) in [7, 11) is 3.67. The molecule has 0 radical (unpaired) electrons. The van der Waals surface area contributed by atoms with Gasteiger partial charge in [-0.1, -0.05) is 65.0 Å². The van der Waals surface area contributed by atoms with Gasteiger partial charge in [-0.2, -0.15) is 0 Å².